The van der Waals surface area contributed by atoms with Crippen molar-refractivity contribution in [2.45, 2.75) is 0 Å². The van der Waals surface area contributed by atoms with Crippen molar-refractivity contribution in [1.82, 2.24) is 29.9 Å². The highest BCUT2D eigenvalue weighted by molar-refractivity contribution is 5.09. The van der Waals surface area contributed by atoms with Crippen LogP contribution in [0.5, 0.6) is 18.0 Å². The lowest BCUT2D eigenvalue weighted by Gasteiger charge is -2.07. The van der Waals surface area contributed by atoms with Crippen LogP contribution in [0.15, 0.2) is 52.3 Å². The van der Waals surface area contributed by atoms with E-state index in [1.54, 1.807) is 33.2 Å². The van der Waals surface area contributed by atoms with Gasteiger partial charge in [-0.05, 0) is 0 Å². The van der Waals surface area contributed by atoms with Crippen molar-refractivity contribution in [2.24, 2.45) is 0 Å². The van der Waals surface area contributed by atoms with Crippen molar-refractivity contribution in [3.05, 3.63) is 69.4 Å². The van der Waals surface area contributed by atoms with Gasteiger partial charge in [0, 0.05) is 0 Å². The van der Waals surface area contributed by atoms with Crippen molar-refractivity contribution in [3.63, 3.8) is 0 Å². The van der Waals surface area contributed by atoms with Crippen LogP contribution in [0.3, 0.4) is 0 Å². The van der Waals surface area contributed by atoms with Crippen LogP contribution >= 0.6 is 0 Å². The quantitative estimate of drug-likeness (QED) is 0.479. The molecule has 0 amide bonds. The molecule has 12 nitrogen and oxygen atoms in total. The monoisotopic (exact) mass is 378 g/mol. The summed E-state index contributed by atoms with van der Waals surface area (Å²) in [6.07, 6.45) is 4.75. The molecule has 0 aliphatic carbocycles. The molecule has 0 atom stereocenters. The van der Waals surface area contributed by atoms with Gasteiger partial charge in [0.1, 0.15) is 19.8 Å². The number of H-pyrrole nitrogens is 3. The molecule has 2 rings (SSSR count). The Kier molecular flexibility index (Phi) is 9.03. The fourth-order valence-corrected chi connectivity index (χ4v) is 1.32. The van der Waals surface area contributed by atoms with Gasteiger partial charge in [0.2, 0.25) is 0 Å². The molecule has 12 heteroatoms. The molecule has 144 valence electrons. The lowest BCUT2D eigenvalue weighted by molar-refractivity contribution is 0.268. The second-order valence-electron chi connectivity index (χ2n) is 4.34. The van der Waals surface area contributed by atoms with E-state index >= 15 is 0 Å². The van der Waals surface area contributed by atoms with Gasteiger partial charge in [-0.25, -0.2) is 14.4 Å². The highest BCUT2D eigenvalue weighted by Gasteiger charge is 2.08. The molecule has 2 heterocycles. The molecule has 0 fully saturated rings. The van der Waals surface area contributed by atoms with Crippen molar-refractivity contribution < 1.29 is 14.2 Å². The first-order valence-electron chi connectivity index (χ1n) is 7.38. The molecule has 0 unspecified atom stereocenters. The topological polar surface area (TPSA) is 165 Å². The van der Waals surface area contributed by atoms with Crippen molar-refractivity contribution >= 4 is 0 Å². The van der Waals surface area contributed by atoms with E-state index in [0.717, 1.165) is 0 Å². The van der Waals surface area contributed by atoms with Gasteiger partial charge in [0.05, 0.1) is 0 Å². The lowest BCUT2D eigenvalue weighted by Crippen LogP contribution is -2.34. The lowest BCUT2D eigenvalue weighted by atomic mass is 10.7. The van der Waals surface area contributed by atoms with Crippen molar-refractivity contribution in [3.8, 4) is 18.0 Å². The fraction of sp³-hybridized carbons (Fsp3) is 0.200. The predicted molar refractivity (Wildman–Crippen MR) is 95.2 cm³/mol. The first kappa shape index (κ1) is 21.1. The number of nitrogens with zero attached hydrogens (tertiary/aromatic N) is 3. The van der Waals surface area contributed by atoms with E-state index in [1.807, 2.05) is 0 Å². The highest BCUT2D eigenvalue weighted by atomic mass is 16.5. The van der Waals surface area contributed by atoms with Crippen LogP contribution in [0.1, 0.15) is 0 Å². The molecule has 0 saturated heterocycles. The first-order valence-corrected chi connectivity index (χ1v) is 7.38. The van der Waals surface area contributed by atoms with E-state index < -0.39 is 17.1 Å². The zero-order chi connectivity index (χ0) is 20.1. The van der Waals surface area contributed by atoms with Gasteiger partial charge in [0.15, 0.2) is 0 Å². The molecule has 0 aliphatic rings. The zero-order valence-corrected chi connectivity index (χ0v) is 14.3. The van der Waals surface area contributed by atoms with Crippen LogP contribution in [0.2, 0.25) is 0 Å². The molecule has 27 heavy (non-hydrogen) atoms. The third-order valence-electron chi connectivity index (χ3n) is 2.25. The summed E-state index contributed by atoms with van der Waals surface area (Å²) < 4.78 is 15.6. The molecular weight excluding hydrogens is 360 g/mol. The summed E-state index contributed by atoms with van der Waals surface area (Å²) in [5.41, 5.74) is -2.41. The Labute approximate surface area is 152 Å². The SMILES string of the molecule is C=CCOc1nc(OCC=C)nc(OCC=C)n1.O=c1[nH]c(=O)[nH]c(=O)[nH]1. The Morgan fingerprint density at radius 1 is 0.630 bits per heavy atom. The minimum absolute atomic E-state index is 0.114. The maximum Gasteiger partial charge on any atom is 0.330 e. The van der Waals surface area contributed by atoms with Crippen molar-refractivity contribution in [2.75, 3.05) is 19.8 Å². The summed E-state index contributed by atoms with van der Waals surface area (Å²) in [6, 6.07) is 0.342. The molecule has 0 radical (unpaired) electrons. The summed E-state index contributed by atoms with van der Waals surface area (Å²) in [7, 11) is 0. The van der Waals surface area contributed by atoms with E-state index in [4.69, 9.17) is 14.2 Å². The van der Waals surface area contributed by atoms with Crippen molar-refractivity contribution in [1.29, 1.82) is 0 Å². The zero-order valence-electron chi connectivity index (χ0n) is 14.3. The van der Waals surface area contributed by atoms with Gasteiger partial charge in [-0.2, -0.15) is 0 Å². The maximum atomic E-state index is 10.2. The van der Waals surface area contributed by atoms with Gasteiger partial charge in [-0.15, -0.1) is 15.0 Å². The van der Waals surface area contributed by atoms with Gasteiger partial charge < -0.3 is 14.2 Å². The normalized spacial score (nSPS) is 9.33. The molecule has 0 bridgehead atoms. The summed E-state index contributed by atoms with van der Waals surface area (Å²) >= 11 is 0. The fourth-order valence-electron chi connectivity index (χ4n) is 1.32. The van der Waals surface area contributed by atoms with Gasteiger partial charge >= 0.3 is 35.1 Å². The van der Waals surface area contributed by atoms with E-state index in [0.29, 0.717) is 0 Å². The van der Waals surface area contributed by atoms with E-state index in [9.17, 15) is 14.4 Å². The van der Waals surface area contributed by atoms with Gasteiger partial charge in [0.25, 0.3) is 0 Å². The summed E-state index contributed by atoms with van der Waals surface area (Å²) in [5, 5.41) is 0. The highest BCUT2D eigenvalue weighted by Crippen LogP contribution is 2.14. The Morgan fingerprint density at radius 3 is 1.11 bits per heavy atom. The van der Waals surface area contributed by atoms with E-state index in [-0.39, 0.29) is 37.9 Å². The smallest absolute Gasteiger partial charge is 0.330 e. The van der Waals surface area contributed by atoms with E-state index in [2.05, 4.69) is 34.7 Å². The van der Waals surface area contributed by atoms with Crippen LogP contribution in [0.4, 0.5) is 0 Å². The number of aromatic amines is 3. The Hall–Kier alpha value is -3.96. The average molecular weight is 378 g/mol. The molecular formula is C15H18N6O6. The Balaban J connectivity index is 0.000000337. The van der Waals surface area contributed by atoms with E-state index in [1.165, 1.54) is 0 Å². The molecule has 2 aromatic rings. The minimum atomic E-state index is -0.802. The molecule has 0 spiro atoms. The number of rotatable bonds is 9. The van der Waals surface area contributed by atoms with Crippen LogP contribution in [-0.2, 0) is 0 Å². The van der Waals surface area contributed by atoms with Crippen LogP contribution in [0, 0.1) is 0 Å². The Morgan fingerprint density at radius 2 is 0.889 bits per heavy atom. The average Bonchev–Trinajstić information content (AvgIpc) is 2.62. The summed E-state index contributed by atoms with van der Waals surface area (Å²) in [4.78, 5) is 47.8. The number of hydrogen-bond acceptors (Lipinski definition) is 9. The number of ether oxygens (including phenoxy) is 3. The van der Waals surface area contributed by atoms with Crippen LogP contribution in [0.25, 0.3) is 0 Å². The molecule has 0 aliphatic heterocycles. The summed E-state index contributed by atoms with van der Waals surface area (Å²) in [6.45, 7) is 11.5. The largest absolute Gasteiger partial charge is 0.459 e. The Bertz CT molecular complexity index is 778. The number of aromatic nitrogens is 6. The number of nitrogens with one attached hydrogen (secondary N) is 3. The number of hydrogen-bond donors (Lipinski definition) is 3. The predicted octanol–water partition coefficient (Wildman–Crippen LogP) is -0.682. The second kappa shape index (κ2) is 11.6. The third-order valence-corrected chi connectivity index (χ3v) is 2.25. The van der Waals surface area contributed by atoms with Crippen LogP contribution < -0.4 is 31.3 Å². The summed E-state index contributed by atoms with van der Waals surface area (Å²) in [5.74, 6) is 0. The molecule has 3 N–H and O–H groups in total. The van der Waals surface area contributed by atoms with Gasteiger partial charge in [-0.3, -0.25) is 15.0 Å². The minimum Gasteiger partial charge on any atom is -0.459 e. The molecule has 0 saturated carbocycles. The molecule has 2 aromatic heterocycles. The third kappa shape index (κ3) is 8.62. The van der Waals surface area contributed by atoms with Gasteiger partial charge in [-0.1, -0.05) is 38.0 Å². The molecule has 0 aromatic carbocycles. The standard InChI is InChI=1S/C12H15N3O3.C3H3N3O3/c1-4-7-16-10-13-11(17-8-5-2)15-12(14-10)18-9-6-3;7-1-4-2(8)6-3(9)5-1/h4-6H,1-3,7-9H2;(H3,4,5,6,7,8,9). The maximum absolute atomic E-state index is 10.2. The second-order valence-corrected chi connectivity index (χ2v) is 4.34. The first-order chi connectivity index (χ1) is 13.0. The van der Waals surface area contributed by atoms with Crippen LogP contribution in [-0.4, -0.2) is 49.7 Å².